The first kappa shape index (κ1) is 17.7. The number of piperidine rings is 1. The molecule has 2 aromatic heterocycles. The molecule has 5 nitrogen and oxygen atoms in total. The van der Waals surface area contributed by atoms with Crippen LogP contribution in [0.15, 0.2) is 42.9 Å². The third kappa shape index (κ3) is 3.60. The summed E-state index contributed by atoms with van der Waals surface area (Å²) in [5.41, 5.74) is 2.00. The maximum atomic E-state index is 13.9. The highest BCUT2D eigenvalue weighted by atomic mass is 32.1. The average molecular weight is 382 g/mol. The van der Waals surface area contributed by atoms with Gasteiger partial charge in [0.15, 0.2) is 0 Å². The number of hydrogen-bond acceptors (Lipinski definition) is 5. The van der Waals surface area contributed by atoms with Crippen LogP contribution in [0.4, 0.5) is 4.39 Å². The first-order valence-corrected chi connectivity index (χ1v) is 9.72. The number of benzene rings is 1. The van der Waals surface area contributed by atoms with Crippen LogP contribution in [0, 0.1) is 12.7 Å². The van der Waals surface area contributed by atoms with Crippen LogP contribution in [-0.4, -0.2) is 38.8 Å². The van der Waals surface area contributed by atoms with E-state index in [4.69, 9.17) is 4.98 Å². The number of hydrogen-bond donors (Lipinski definition) is 0. The van der Waals surface area contributed by atoms with Crippen molar-refractivity contribution in [2.24, 2.45) is 0 Å². The highest BCUT2D eigenvalue weighted by Crippen LogP contribution is 2.36. The van der Waals surface area contributed by atoms with Gasteiger partial charge in [-0.15, -0.1) is 11.3 Å². The lowest BCUT2D eigenvalue weighted by atomic mass is 9.97. The molecule has 0 bridgehead atoms. The Hall–Kier alpha value is -2.67. The Morgan fingerprint density at radius 1 is 1.22 bits per heavy atom. The number of thiazole rings is 1. The molecule has 0 radical (unpaired) electrons. The summed E-state index contributed by atoms with van der Waals surface area (Å²) >= 11 is 1.66. The van der Waals surface area contributed by atoms with E-state index in [0.29, 0.717) is 19.0 Å². The summed E-state index contributed by atoms with van der Waals surface area (Å²) in [4.78, 5) is 28.4. The summed E-state index contributed by atoms with van der Waals surface area (Å²) in [6.45, 7) is 3.22. The van der Waals surface area contributed by atoms with Crippen molar-refractivity contribution in [3.63, 3.8) is 0 Å². The summed E-state index contributed by atoms with van der Waals surface area (Å²) in [5, 5.41) is 1.08. The third-order valence-corrected chi connectivity index (χ3v) is 6.21. The van der Waals surface area contributed by atoms with E-state index in [-0.39, 0.29) is 11.5 Å². The highest BCUT2D eigenvalue weighted by molar-refractivity contribution is 7.15. The monoisotopic (exact) mass is 382 g/mol. The van der Waals surface area contributed by atoms with Gasteiger partial charge in [0.1, 0.15) is 12.1 Å². The molecule has 1 amide bonds. The summed E-state index contributed by atoms with van der Waals surface area (Å²) in [6, 6.07) is 8.05. The number of rotatable bonds is 3. The van der Waals surface area contributed by atoms with Gasteiger partial charge >= 0.3 is 0 Å². The van der Waals surface area contributed by atoms with Crippen LogP contribution in [0.2, 0.25) is 0 Å². The predicted octanol–water partition coefficient (Wildman–Crippen LogP) is 4.07. The Bertz CT molecular complexity index is 952. The molecule has 0 unspecified atom stereocenters. The Morgan fingerprint density at radius 2 is 2.00 bits per heavy atom. The molecule has 27 heavy (non-hydrogen) atoms. The molecule has 0 atom stereocenters. The summed E-state index contributed by atoms with van der Waals surface area (Å²) in [7, 11) is 0. The van der Waals surface area contributed by atoms with E-state index in [1.165, 1.54) is 6.07 Å². The molecule has 0 spiro atoms. The fourth-order valence-electron chi connectivity index (χ4n) is 3.39. The van der Waals surface area contributed by atoms with Crippen LogP contribution in [0.1, 0.15) is 39.8 Å². The Kier molecular flexibility index (Phi) is 4.94. The third-order valence-electron chi connectivity index (χ3n) is 4.86. The molecule has 4 rings (SSSR count). The van der Waals surface area contributed by atoms with Gasteiger partial charge in [-0.05, 0) is 38.0 Å². The van der Waals surface area contributed by atoms with Crippen molar-refractivity contribution in [2.45, 2.75) is 25.7 Å². The predicted molar refractivity (Wildman–Crippen MR) is 102 cm³/mol. The van der Waals surface area contributed by atoms with Gasteiger partial charge in [-0.2, -0.15) is 0 Å². The molecule has 1 aliphatic heterocycles. The van der Waals surface area contributed by atoms with Crippen molar-refractivity contribution in [1.82, 2.24) is 19.9 Å². The molecule has 0 N–H and O–H groups in total. The van der Waals surface area contributed by atoms with E-state index < -0.39 is 5.82 Å². The highest BCUT2D eigenvalue weighted by Gasteiger charge is 2.28. The van der Waals surface area contributed by atoms with Crippen LogP contribution >= 0.6 is 11.3 Å². The Morgan fingerprint density at radius 3 is 2.70 bits per heavy atom. The van der Waals surface area contributed by atoms with Gasteiger partial charge in [-0.1, -0.05) is 12.1 Å². The molecular formula is C20H19FN4OS. The van der Waals surface area contributed by atoms with Gasteiger partial charge in [0, 0.05) is 25.2 Å². The number of nitrogens with zero attached hydrogens (tertiary/aromatic N) is 4. The minimum atomic E-state index is -0.463. The second-order valence-electron chi connectivity index (χ2n) is 6.61. The normalized spacial score (nSPS) is 15.1. The van der Waals surface area contributed by atoms with Crippen LogP contribution in [0.25, 0.3) is 10.6 Å². The van der Waals surface area contributed by atoms with E-state index in [1.807, 2.05) is 13.0 Å². The van der Waals surface area contributed by atoms with E-state index in [9.17, 15) is 9.18 Å². The van der Waals surface area contributed by atoms with Gasteiger partial charge in [-0.25, -0.2) is 19.3 Å². The SMILES string of the molecule is Cc1nc(C2CCN(C(=O)c3ccccc3F)CC2)sc1-c1ccncn1. The average Bonchev–Trinajstić information content (AvgIpc) is 3.10. The lowest BCUT2D eigenvalue weighted by molar-refractivity contribution is 0.0708. The van der Waals surface area contributed by atoms with Gasteiger partial charge in [0.05, 0.1) is 26.8 Å². The van der Waals surface area contributed by atoms with Crippen LogP contribution in [-0.2, 0) is 0 Å². The molecule has 0 aliphatic carbocycles. The van der Waals surface area contributed by atoms with Crippen LogP contribution < -0.4 is 0 Å². The van der Waals surface area contributed by atoms with Gasteiger partial charge < -0.3 is 4.90 Å². The minimum absolute atomic E-state index is 0.145. The lowest BCUT2D eigenvalue weighted by Gasteiger charge is -2.31. The van der Waals surface area contributed by atoms with Crippen molar-refractivity contribution >= 4 is 17.2 Å². The fourth-order valence-corrected chi connectivity index (χ4v) is 4.60. The number of aryl methyl sites for hydroxylation is 1. The zero-order chi connectivity index (χ0) is 18.8. The first-order valence-electron chi connectivity index (χ1n) is 8.91. The quantitative estimate of drug-likeness (QED) is 0.685. The smallest absolute Gasteiger partial charge is 0.256 e. The maximum Gasteiger partial charge on any atom is 0.256 e. The largest absolute Gasteiger partial charge is 0.339 e. The van der Waals surface area contributed by atoms with Gasteiger partial charge in [-0.3, -0.25) is 4.79 Å². The number of likely N-dealkylation sites (tertiary alicyclic amines) is 1. The number of carbonyl (C=O) groups is 1. The van der Waals surface area contributed by atoms with Crippen molar-refractivity contribution in [1.29, 1.82) is 0 Å². The van der Waals surface area contributed by atoms with E-state index in [2.05, 4.69) is 9.97 Å². The minimum Gasteiger partial charge on any atom is -0.339 e. The topological polar surface area (TPSA) is 59.0 Å². The van der Waals surface area contributed by atoms with E-state index in [0.717, 1.165) is 34.1 Å². The first-order chi connectivity index (χ1) is 13.1. The lowest BCUT2D eigenvalue weighted by Crippen LogP contribution is -2.38. The second kappa shape index (κ2) is 7.52. The molecule has 1 saturated heterocycles. The molecule has 3 aromatic rings. The number of carbonyl (C=O) groups excluding carboxylic acids is 1. The van der Waals surface area contributed by atoms with Gasteiger partial charge in [0.25, 0.3) is 5.91 Å². The Labute approximate surface area is 160 Å². The number of amides is 1. The molecule has 3 heterocycles. The molecule has 1 aliphatic rings. The van der Waals surface area contributed by atoms with Gasteiger partial charge in [0.2, 0.25) is 0 Å². The molecule has 0 saturated carbocycles. The van der Waals surface area contributed by atoms with E-state index >= 15 is 0 Å². The van der Waals surface area contributed by atoms with Crippen molar-refractivity contribution in [3.8, 4) is 10.6 Å². The van der Waals surface area contributed by atoms with Crippen LogP contribution in [0.3, 0.4) is 0 Å². The molecule has 138 valence electrons. The maximum absolute atomic E-state index is 13.9. The zero-order valence-corrected chi connectivity index (χ0v) is 15.7. The van der Waals surface area contributed by atoms with Crippen LogP contribution in [0.5, 0.6) is 0 Å². The number of halogens is 1. The Balaban J connectivity index is 1.46. The van der Waals surface area contributed by atoms with Crippen molar-refractivity contribution < 1.29 is 9.18 Å². The molecular weight excluding hydrogens is 363 g/mol. The standard InChI is InChI=1S/C20H19FN4OS/c1-13-18(17-6-9-22-12-23-17)27-19(24-13)14-7-10-25(11-8-14)20(26)15-4-2-3-5-16(15)21/h2-6,9,12,14H,7-8,10-11H2,1H3. The molecule has 1 fully saturated rings. The fraction of sp³-hybridized carbons (Fsp3) is 0.300. The summed E-state index contributed by atoms with van der Waals surface area (Å²) in [6.07, 6.45) is 4.93. The summed E-state index contributed by atoms with van der Waals surface area (Å²) in [5.74, 6) is -0.382. The van der Waals surface area contributed by atoms with Crippen molar-refractivity contribution in [3.05, 3.63) is 64.9 Å². The molecule has 1 aromatic carbocycles. The number of aromatic nitrogens is 3. The second-order valence-corrected chi connectivity index (χ2v) is 7.64. The summed E-state index contributed by atoms with van der Waals surface area (Å²) < 4.78 is 13.9. The van der Waals surface area contributed by atoms with E-state index in [1.54, 1.807) is 47.0 Å². The zero-order valence-electron chi connectivity index (χ0n) is 14.9. The van der Waals surface area contributed by atoms with Crippen molar-refractivity contribution in [2.75, 3.05) is 13.1 Å². The molecule has 7 heteroatoms.